The Bertz CT molecular complexity index is 868. The van der Waals surface area contributed by atoms with Gasteiger partial charge in [-0.15, -0.1) is 12.4 Å². The third-order valence-corrected chi connectivity index (χ3v) is 5.30. The fraction of sp³-hybridized carbons (Fsp3) is 0.278. The Morgan fingerprint density at radius 1 is 1.08 bits per heavy atom. The molecule has 0 aliphatic rings. The van der Waals surface area contributed by atoms with Crippen LogP contribution in [0.25, 0.3) is 0 Å². The molecule has 0 aliphatic carbocycles. The summed E-state index contributed by atoms with van der Waals surface area (Å²) in [4.78, 5) is 12.2. The summed E-state index contributed by atoms with van der Waals surface area (Å²) >= 11 is 0. The fourth-order valence-electron chi connectivity index (χ4n) is 2.15. The lowest BCUT2D eigenvalue weighted by atomic mass is 10.1. The topological polar surface area (TPSA) is 101 Å². The van der Waals surface area contributed by atoms with Crippen molar-refractivity contribution < 1.29 is 13.2 Å². The van der Waals surface area contributed by atoms with Gasteiger partial charge in [0.25, 0.3) is 15.9 Å². The lowest BCUT2D eigenvalue weighted by molar-refractivity contribution is 0.0941. The van der Waals surface area contributed by atoms with E-state index in [9.17, 15) is 13.2 Å². The molecule has 0 spiro atoms. The van der Waals surface area contributed by atoms with Crippen LogP contribution >= 0.6 is 12.4 Å². The summed E-state index contributed by atoms with van der Waals surface area (Å²) in [5.74, 6) is -0.249. The molecule has 2 rings (SSSR count). The van der Waals surface area contributed by atoms with E-state index < -0.39 is 10.0 Å². The van der Waals surface area contributed by atoms with Crippen molar-refractivity contribution in [2.45, 2.75) is 31.7 Å². The molecule has 0 radical (unpaired) electrons. The van der Waals surface area contributed by atoms with Gasteiger partial charge in [-0.05, 0) is 68.3 Å². The summed E-state index contributed by atoms with van der Waals surface area (Å²) in [7, 11) is -3.68. The number of hydrogen-bond donors (Lipinski definition) is 3. The minimum Gasteiger partial charge on any atom is -0.348 e. The van der Waals surface area contributed by atoms with Crippen LogP contribution in [0.2, 0.25) is 0 Å². The number of benzene rings is 2. The highest BCUT2D eigenvalue weighted by Crippen LogP contribution is 2.19. The number of nitrogens with one attached hydrogen (secondary N) is 2. The van der Waals surface area contributed by atoms with Crippen LogP contribution in [0.3, 0.4) is 0 Å². The highest BCUT2D eigenvalue weighted by molar-refractivity contribution is 7.92. The van der Waals surface area contributed by atoms with Crippen molar-refractivity contribution in [3.05, 3.63) is 59.2 Å². The predicted molar refractivity (Wildman–Crippen MR) is 106 cm³/mol. The van der Waals surface area contributed by atoms with E-state index in [2.05, 4.69) is 10.0 Å². The van der Waals surface area contributed by atoms with E-state index in [-0.39, 0.29) is 29.3 Å². The maximum absolute atomic E-state index is 12.5. The predicted octanol–water partition coefficient (Wildman–Crippen LogP) is 2.60. The second-order valence-corrected chi connectivity index (χ2v) is 7.72. The molecular formula is C18H24ClN3O3S. The first-order chi connectivity index (χ1) is 11.7. The average molecular weight is 398 g/mol. The van der Waals surface area contributed by atoms with E-state index in [0.29, 0.717) is 17.8 Å². The van der Waals surface area contributed by atoms with Crippen molar-refractivity contribution >= 4 is 34.0 Å². The molecular weight excluding hydrogens is 374 g/mol. The zero-order valence-corrected chi connectivity index (χ0v) is 16.6. The largest absolute Gasteiger partial charge is 0.348 e. The van der Waals surface area contributed by atoms with Gasteiger partial charge in [-0.2, -0.15) is 0 Å². The molecule has 2 aromatic rings. The number of sulfonamides is 1. The Hall–Kier alpha value is -2.09. The highest BCUT2D eigenvalue weighted by Gasteiger charge is 2.15. The molecule has 0 unspecified atom stereocenters. The second kappa shape index (κ2) is 9.02. The molecule has 1 atom stereocenters. The zero-order chi connectivity index (χ0) is 18.6. The van der Waals surface area contributed by atoms with Crippen LogP contribution in [-0.4, -0.2) is 26.9 Å². The first-order valence-corrected chi connectivity index (χ1v) is 9.42. The Morgan fingerprint density at radius 2 is 1.69 bits per heavy atom. The molecule has 26 heavy (non-hydrogen) atoms. The standard InChI is InChI=1S/C18H23N3O3S.ClH/c1-12-4-9-17(10-13(12)2)25(23,24)21-16-7-5-15(6-8-16)18(22)20-14(3)11-19;/h4-10,14,21H,11,19H2,1-3H3,(H,20,22);1H/t14-;/m0./s1. The Labute approximate surface area is 160 Å². The summed E-state index contributed by atoms with van der Waals surface area (Å²) in [5.41, 5.74) is 8.24. The molecule has 0 saturated carbocycles. The van der Waals surface area contributed by atoms with Gasteiger partial charge in [0.05, 0.1) is 4.90 Å². The number of halogens is 1. The lowest BCUT2D eigenvalue weighted by Crippen LogP contribution is -2.37. The molecule has 0 fully saturated rings. The minimum atomic E-state index is -3.68. The van der Waals surface area contributed by atoms with E-state index in [1.807, 2.05) is 20.8 Å². The number of amides is 1. The van der Waals surface area contributed by atoms with Gasteiger partial charge in [0.1, 0.15) is 0 Å². The van der Waals surface area contributed by atoms with Crippen LogP contribution in [0.4, 0.5) is 5.69 Å². The number of nitrogens with two attached hydrogens (primary N) is 1. The molecule has 142 valence electrons. The van der Waals surface area contributed by atoms with Crippen molar-refractivity contribution in [2.75, 3.05) is 11.3 Å². The number of hydrogen-bond acceptors (Lipinski definition) is 4. The van der Waals surface area contributed by atoms with Gasteiger partial charge < -0.3 is 11.1 Å². The third-order valence-electron chi connectivity index (χ3n) is 3.92. The summed E-state index contributed by atoms with van der Waals surface area (Å²) in [5, 5.41) is 2.75. The van der Waals surface area contributed by atoms with Crippen LogP contribution in [0.5, 0.6) is 0 Å². The van der Waals surface area contributed by atoms with Crippen LogP contribution in [0.1, 0.15) is 28.4 Å². The number of carbonyl (C=O) groups excluding carboxylic acids is 1. The molecule has 0 heterocycles. The molecule has 0 aromatic heterocycles. The van der Waals surface area contributed by atoms with Crippen LogP contribution in [0, 0.1) is 13.8 Å². The van der Waals surface area contributed by atoms with Crippen LogP contribution in [-0.2, 0) is 10.0 Å². The van der Waals surface area contributed by atoms with Gasteiger partial charge in [-0.25, -0.2) is 8.42 Å². The van der Waals surface area contributed by atoms with Crippen LogP contribution < -0.4 is 15.8 Å². The zero-order valence-electron chi connectivity index (χ0n) is 14.9. The quantitative estimate of drug-likeness (QED) is 0.697. The normalized spacial score (nSPS) is 12.0. The molecule has 0 aliphatic heterocycles. The number of rotatable bonds is 6. The maximum Gasteiger partial charge on any atom is 0.261 e. The van der Waals surface area contributed by atoms with Gasteiger partial charge in [0, 0.05) is 23.8 Å². The summed E-state index contributed by atoms with van der Waals surface area (Å²) in [6, 6.07) is 11.1. The van der Waals surface area contributed by atoms with Crippen molar-refractivity contribution in [1.29, 1.82) is 0 Å². The summed E-state index contributed by atoms with van der Waals surface area (Å²) < 4.78 is 27.4. The summed E-state index contributed by atoms with van der Waals surface area (Å²) in [6.07, 6.45) is 0. The number of aryl methyl sites for hydroxylation is 2. The Kier molecular flexibility index (Phi) is 7.62. The van der Waals surface area contributed by atoms with Gasteiger partial charge in [-0.1, -0.05) is 6.07 Å². The van der Waals surface area contributed by atoms with E-state index in [1.165, 1.54) is 0 Å². The molecule has 6 nitrogen and oxygen atoms in total. The second-order valence-electron chi connectivity index (χ2n) is 6.04. The smallest absolute Gasteiger partial charge is 0.261 e. The molecule has 0 saturated heterocycles. The Balaban J connectivity index is 0.00000338. The summed E-state index contributed by atoms with van der Waals surface area (Å²) in [6.45, 7) is 5.95. The molecule has 4 N–H and O–H groups in total. The maximum atomic E-state index is 12.5. The van der Waals surface area contributed by atoms with Gasteiger partial charge >= 0.3 is 0 Å². The van der Waals surface area contributed by atoms with E-state index in [4.69, 9.17) is 5.73 Å². The van der Waals surface area contributed by atoms with Gasteiger partial charge in [0.2, 0.25) is 0 Å². The van der Waals surface area contributed by atoms with Crippen molar-refractivity contribution in [2.24, 2.45) is 5.73 Å². The van der Waals surface area contributed by atoms with Gasteiger partial charge in [-0.3, -0.25) is 9.52 Å². The minimum absolute atomic E-state index is 0. The third kappa shape index (κ3) is 5.45. The van der Waals surface area contributed by atoms with Crippen LogP contribution in [0.15, 0.2) is 47.4 Å². The Morgan fingerprint density at radius 3 is 2.23 bits per heavy atom. The lowest BCUT2D eigenvalue weighted by Gasteiger charge is -2.12. The molecule has 2 aromatic carbocycles. The molecule has 1 amide bonds. The van der Waals surface area contributed by atoms with Gasteiger partial charge in [0.15, 0.2) is 0 Å². The highest BCUT2D eigenvalue weighted by atomic mass is 35.5. The van der Waals surface area contributed by atoms with E-state index >= 15 is 0 Å². The average Bonchev–Trinajstić information content (AvgIpc) is 2.57. The number of anilines is 1. The van der Waals surface area contributed by atoms with E-state index in [1.54, 1.807) is 42.5 Å². The SMILES string of the molecule is Cc1ccc(S(=O)(=O)Nc2ccc(C(=O)N[C@@H](C)CN)cc2)cc1C.Cl. The fourth-order valence-corrected chi connectivity index (χ4v) is 3.29. The molecule has 0 bridgehead atoms. The van der Waals surface area contributed by atoms with E-state index in [0.717, 1.165) is 11.1 Å². The first-order valence-electron chi connectivity index (χ1n) is 7.94. The number of carbonyl (C=O) groups is 1. The monoisotopic (exact) mass is 397 g/mol. The van der Waals surface area contributed by atoms with Crippen molar-refractivity contribution in [3.8, 4) is 0 Å². The molecule has 8 heteroatoms. The first kappa shape index (κ1) is 22.0. The van der Waals surface area contributed by atoms with Crippen molar-refractivity contribution in [1.82, 2.24) is 5.32 Å². The van der Waals surface area contributed by atoms with Crippen molar-refractivity contribution in [3.63, 3.8) is 0 Å².